The van der Waals surface area contributed by atoms with Gasteiger partial charge in [0.1, 0.15) is 5.69 Å². The van der Waals surface area contributed by atoms with Crippen LogP contribution in [0.5, 0.6) is 0 Å². The van der Waals surface area contributed by atoms with Crippen molar-refractivity contribution in [1.82, 2.24) is 25.1 Å². The van der Waals surface area contributed by atoms with Crippen LogP contribution in [-0.4, -0.2) is 59.5 Å². The molecule has 1 aromatic carbocycles. The predicted octanol–water partition coefficient (Wildman–Crippen LogP) is 2.84. The normalized spacial score (nSPS) is 14.9. The molecule has 1 amide bonds. The number of carbonyl (C=O) groups excluding carboxylic acids is 1. The lowest BCUT2D eigenvalue weighted by molar-refractivity contribution is -0.124. The molecule has 10 heteroatoms. The molecule has 1 N–H and O–H groups in total. The topological polar surface area (TPSA) is 110 Å². The highest BCUT2D eigenvalue weighted by molar-refractivity contribution is 7.90. The molecular weight excluding hydrogens is 464 g/mol. The quantitative estimate of drug-likeness (QED) is 0.536. The minimum atomic E-state index is -3.26. The molecule has 0 bridgehead atoms. The van der Waals surface area contributed by atoms with Gasteiger partial charge >= 0.3 is 0 Å². The number of piperidine rings is 1. The lowest BCUT2D eigenvalue weighted by Gasteiger charge is -2.33. The number of aryl methyl sites for hydroxylation is 1. The number of nitrogens with one attached hydrogen (secondary N) is 1. The molecule has 3 aromatic rings. The average Bonchev–Trinajstić information content (AvgIpc) is 3.22. The highest BCUT2D eigenvalue weighted by atomic mass is 32.2. The van der Waals surface area contributed by atoms with E-state index in [1.807, 2.05) is 55.7 Å². The van der Waals surface area contributed by atoms with Gasteiger partial charge in [0.25, 0.3) is 0 Å². The van der Waals surface area contributed by atoms with Gasteiger partial charge in [-0.1, -0.05) is 32.0 Å². The van der Waals surface area contributed by atoms with Gasteiger partial charge in [0, 0.05) is 37.0 Å². The smallest absolute Gasteiger partial charge is 0.227 e. The molecule has 0 radical (unpaired) electrons. The third-order valence-electron chi connectivity index (χ3n) is 6.19. The van der Waals surface area contributed by atoms with E-state index in [4.69, 9.17) is 0 Å². The van der Waals surface area contributed by atoms with E-state index in [0.29, 0.717) is 12.4 Å². The van der Waals surface area contributed by atoms with Crippen LogP contribution < -0.4 is 10.2 Å². The molecule has 1 aliphatic rings. The van der Waals surface area contributed by atoms with E-state index in [9.17, 15) is 13.2 Å². The van der Waals surface area contributed by atoms with Crippen molar-refractivity contribution in [3.8, 4) is 11.5 Å². The van der Waals surface area contributed by atoms with E-state index in [0.717, 1.165) is 48.8 Å². The van der Waals surface area contributed by atoms with Crippen LogP contribution in [0.3, 0.4) is 0 Å². The van der Waals surface area contributed by atoms with Crippen molar-refractivity contribution in [3.63, 3.8) is 0 Å². The summed E-state index contributed by atoms with van der Waals surface area (Å²) >= 11 is 0. The third-order valence-corrected chi connectivity index (χ3v) is 7.32. The number of hydrogen-bond donors (Lipinski definition) is 1. The van der Waals surface area contributed by atoms with E-state index in [1.54, 1.807) is 12.1 Å². The van der Waals surface area contributed by atoms with Crippen LogP contribution in [0.1, 0.15) is 37.9 Å². The Balaban J connectivity index is 1.61. The van der Waals surface area contributed by atoms with Crippen LogP contribution in [0.2, 0.25) is 0 Å². The largest absolute Gasteiger partial charge is 0.353 e. The second-order valence-corrected chi connectivity index (χ2v) is 11.4. The van der Waals surface area contributed by atoms with Crippen molar-refractivity contribution in [2.75, 3.05) is 24.2 Å². The lowest BCUT2D eigenvalue weighted by Crippen LogP contribution is -2.46. The van der Waals surface area contributed by atoms with Crippen LogP contribution in [0.25, 0.3) is 11.5 Å². The van der Waals surface area contributed by atoms with Gasteiger partial charge in [-0.15, -0.1) is 10.2 Å². The molecule has 4 rings (SSSR count). The van der Waals surface area contributed by atoms with Gasteiger partial charge in [0.05, 0.1) is 11.4 Å². The number of carbonyl (C=O) groups is 1. The maximum atomic E-state index is 12.1. The number of sulfone groups is 1. The minimum absolute atomic E-state index is 0.0328. The number of nitrogens with zero attached hydrogens (tertiary/aromatic N) is 5. The molecule has 35 heavy (non-hydrogen) atoms. The van der Waals surface area contributed by atoms with Crippen molar-refractivity contribution in [1.29, 1.82) is 0 Å². The minimum Gasteiger partial charge on any atom is -0.353 e. The van der Waals surface area contributed by atoms with E-state index in [-0.39, 0.29) is 22.8 Å². The molecule has 1 aliphatic heterocycles. The molecule has 1 saturated heterocycles. The second-order valence-electron chi connectivity index (χ2n) is 9.41. The van der Waals surface area contributed by atoms with Gasteiger partial charge in [0.15, 0.2) is 15.7 Å². The second kappa shape index (κ2) is 10.2. The summed E-state index contributed by atoms with van der Waals surface area (Å²) in [5, 5.41) is 12.2. The van der Waals surface area contributed by atoms with Gasteiger partial charge < -0.3 is 10.2 Å². The number of pyridine rings is 1. The van der Waals surface area contributed by atoms with Crippen LogP contribution in [-0.2, 0) is 21.2 Å². The summed E-state index contributed by atoms with van der Waals surface area (Å²) in [6.07, 6.45) is 2.85. The number of rotatable bonds is 7. The maximum absolute atomic E-state index is 12.1. The Bertz CT molecular complexity index is 1290. The highest BCUT2D eigenvalue weighted by Crippen LogP contribution is 2.26. The summed E-state index contributed by atoms with van der Waals surface area (Å²) in [6.45, 7) is 7.70. The Hall–Kier alpha value is -3.27. The summed E-state index contributed by atoms with van der Waals surface area (Å²) < 4.78 is 25.7. The fraction of sp³-hybridized carbons (Fsp3) is 0.440. The van der Waals surface area contributed by atoms with Crippen LogP contribution in [0, 0.1) is 12.8 Å². The first kappa shape index (κ1) is 24.8. The molecule has 2 aromatic heterocycles. The van der Waals surface area contributed by atoms with Gasteiger partial charge in [-0.3, -0.25) is 9.36 Å². The number of aromatic nitrogens is 4. The van der Waals surface area contributed by atoms with Crippen molar-refractivity contribution < 1.29 is 13.2 Å². The SMILES string of the molecule is Cc1cccc(-c2nnc(N3CCC(NC(=O)C(C)C)CC3)n2Cc2ccc(S(C)(=O)=O)cc2)n1. The summed E-state index contributed by atoms with van der Waals surface area (Å²) in [5.41, 5.74) is 2.56. The van der Waals surface area contributed by atoms with Crippen molar-refractivity contribution in [2.45, 2.75) is 51.1 Å². The van der Waals surface area contributed by atoms with E-state index < -0.39 is 9.84 Å². The molecular formula is C25H32N6O3S. The molecule has 0 aliphatic carbocycles. The average molecular weight is 497 g/mol. The van der Waals surface area contributed by atoms with Gasteiger partial charge in [0.2, 0.25) is 11.9 Å². The first-order valence-electron chi connectivity index (χ1n) is 11.8. The van der Waals surface area contributed by atoms with Gasteiger partial charge in [-0.2, -0.15) is 0 Å². The monoisotopic (exact) mass is 496 g/mol. The van der Waals surface area contributed by atoms with E-state index >= 15 is 0 Å². The summed E-state index contributed by atoms with van der Waals surface area (Å²) in [7, 11) is -3.26. The molecule has 186 valence electrons. The standard InChI is InChI=1S/C25H32N6O3S/c1-17(2)24(32)27-20-12-14-30(15-13-20)25-29-28-23(22-7-5-6-18(3)26-22)31(25)16-19-8-10-21(11-9-19)35(4,33)34/h5-11,17,20H,12-16H2,1-4H3,(H,27,32). The van der Waals surface area contributed by atoms with Crippen molar-refractivity contribution in [2.24, 2.45) is 5.92 Å². The number of amides is 1. The predicted molar refractivity (Wildman–Crippen MR) is 135 cm³/mol. The van der Waals surface area contributed by atoms with Gasteiger partial charge in [-0.05, 0) is 49.6 Å². The fourth-order valence-electron chi connectivity index (χ4n) is 4.15. The van der Waals surface area contributed by atoms with Crippen LogP contribution in [0.4, 0.5) is 5.95 Å². The summed E-state index contributed by atoms with van der Waals surface area (Å²) in [6, 6.07) is 12.8. The third kappa shape index (κ3) is 5.87. The van der Waals surface area contributed by atoms with Crippen LogP contribution in [0.15, 0.2) is 47.4 Å². The van der Waals surface area contributed by atoms with Gasteiger partial charge in [-0.25, -0.2) is 13.4 Å². The molecule has 0 spiro atoms. The first-order chi connectivity index (χ1) is 16.6. The van der Waals surface area contributed by atoms with E-state index in [1.165, 1.54) is 6.26 Å². The molecule has 0 saturated carbocycles. The lowest BCUT2D eigenvalue weighted by atomic mass is 10.0. The molecule has 0 atom stereocenters. The first-order valence-corrected chi connectivity index (χ1v) is 13.7. The number of anilines is 1. The maximum Gasteiger partial charge on any atom is 0.227 e. The van der Waals surface area contributed by atoms with Crippen molar-refractivity contribution >= 4 is 21.7 Å². The zero-order valence-corrected chi connectivity index (χ0v) is 21.4. The summed E-state index contributed by atoms with van der Waals surface area (Å²) in [4.78, 5) is 19.2. The van der Waals surface area contributed by atoms with Crippen LogP contribution >= 0.6 is 0 Å². The number of benzene rings is 1. The van der Waals surface area contributed by atoms with E-state index in [2.05, 4.69) is 25.4 Å². The fourth-order valence-corrected chi connectivity index (χ4v) is 4.78. The molecule has 1 fully saturated rings. The Morgan fingerprint density at radius 2 is 1.77 bits per heavy atom. The highest BCUT2D eigenvalue weighted by Gasteiger charge is 2.26. The Morgan fingerprint density at radius 3 is 2.37 bits per heavy atom. The molecule has 9 nitrogen and oxygen atoms in total. The number of hydrogen-bond acceptors (Lipinski definition) is 7. The van der Waals surface area contributed by atoms with Crippen molar-refractivity contribution in [3.05, 3.63) is 53.7 Å². The zero-order valence-electron chi connectivity index (χ0n) is 20.6. The Morgan fingerprint density at radius 1 is 1.09 bits per heavy atom. The zero-order chi connectivity index (χ0) is 25.2. The Labute approximate surface area is 206 Å². The molecule has 3 heterocycles. The Kier molecular flexibility index (Phi) is 7.20. The summed E-state index contributed by atoms with van der Waals surface area (Å²) in [5.74, 6) is 1.45. The molecule has 0 unspecified atom stereocenters.